The van der Waals surface area contributed by atoms with Crippen molar-refractivity contribution in [3.8, 4) is 0 Å². The molecule has 0 saturated heterocycles. The molecule has 1 aromatic rings. The average Bonchev–Trinajstić information content (AvgIpc) is 2.44. The molecule has 0 aromatic heterocycles. The molecule has 0 amide bonds. The van der Waals surface area contributed by atoms with Crippen LogP contribution in [0.3, 0.4) is 0 Å². The normalized spacial score (nSPS) is 12.8. The minimum absolute atomic E-state index is 0.0720. The van der Waals surface area contributed by atoms with Crippen LogP contribution in [-0.2, 0) is 0 Å². The number of nitrogens with one attached hydrogen (secondary N) is 1. The minimum atomic E-state index is -0.108. The highest BCUT2D eigenvalue weighted by Crippen LogP contribution is 2.18. The van der Waals surface area contributed by atoms with Crippen LogP contribution in [0.25, 0.3) is 0 Å². The van der Waals surface area contributed by atoms with Gasteiger partial charge in [-0.1, -0.05) is 44.9 Å². The van der Waals surface area contributed by atoms with Crippen LogP contribution >= 0.6 is 0 Å². The van der Waals surface area contributed by atoms with E-state index in [-0.39, 0.29) is 11.9 Å². The van der Waals surface area contributed by atoms with E-state index in [1.54, 1.807) is 12.1 Å². The van der Waals surface area contributed by atoms with Crippen molar-refractivity contribution in [3.05, 3.63) is 35.6 Å². The molecule has 114 valence electrons. The predicted octanol–water partition coefficient (Wildman–Crippen LogP) is 3.99. The van der Waals surface area contributed by atoms with Gasteiger partial charge in [0.05, 0.1) is 0 Å². The van der Waals surface area contributed by atoms with Crippen LogP contribution in [0.1, 0.15) is 51.1 Å². The monoisotopic (exact) mass is 280 g/mol. The fourth-order valence-electron chi connectivity index (χ4n) is 2.38. The second kappa shape index (κ2) is 9.89. The summed E-state index contributed by atoms with van der Waals surface area (Å²) in [6, 6.07) is 7.18. The summed E-state index contributed by atoms with van der Waals surface area (Å²) in [6.07, 6.45) is 4.77. The average molecular weight is 280 g/mol. The number of hydrogen-bond donors (Lipinski definition) is 1. The summed E-state index contributed by atoms with van der Waals surface area (Å²) in [5.74, 6) is -0.108. The maximum absolute atomic E-state index is 14.0. The van der Waals surface area contributed by atoms with Crippen molar-refractivity contribution in [2.24, 2.45) is 0 Å². The quantitative estimate of drug-likeness (QED) is 0.652. The smallest absolute Gasteiger partial charge is 0.128 e. The number of unbranched alkanes of at least 4 members (excludes halogenated alkanes) is 2. The molecule has 2 nitrogen and oxygen atoms in total. The second-order valence-corrected chi connectivity index (χ2v) is 5.50. The number of hydrogen-bond acceptors (Lipinski definition) is 2. The molecule has 0 heterocycles. The Hall–Kier alpha value is -0.930. The first-order valence-electron chi connectivity index (χ1n) is 7.85. The SMILES string of the molecule is CCCCCN(C)CC(NCCC)c1ccccc1F. The highest BCUT2D eigenvalue weighted by atomic mass is 19.1. The maximum Gasteiger partial charge on any atom is 0.128 e. The highest BCUT2D eigenvalue weighted by Gasteiger charge is 2.16. The van der Waals surface area contributed by atoms with E-state index in [1.165, 1.54) is 19.3 Å². The summed E-state index contributed by atoms with van der Waals surface area (Å²) < 4.78 is 14.0. The molecule has 0 fully saturated rings. The van der Waals surface area contributed by atoms with Crippen LogP contribution in [0, 0.1) is 5.82 Å². The minimum Gasteiger partial charge on any atom is -0.309 e. The van der Waals surface area contributed by atoms with E-state index in [0.29, 0.717) is 0 Å². The lowest BCUT2D eigenvalue weighted by Crippen LogP contribution is -2.34. The highest BCUT2D eigenvalue weighted by molar-refractivity contribution is 5.21. The molecule has 1 atom stereocenters. The van der Waals surface area contributed by atoms with Crippen molar-refractivity contribution < 1.29 is 4.39 Å². The van der Waals surface area contributed by atoms with Gasteiger partial charge in [-0.2, -0.15) is 0 Å². The Morgan fingerprint density at radius 2 is 1.90 bits per heavy atom. The largest absolute Gasteiger partial charge is 0.309 e. The molecule has 0 aliphatic rings. The molecule has 1 unspecified atom stereocenters. The van der Waals surface area contributed by atoms with Crippen molar-refractivity contribution >= 4 is 0 Å². The van der Waals surface area contributed by atoms with E-state index < -0.39 is 0 Å². The van der Waals surface area contributed by atoms with E-state index in [1.807, 2.05) is 12.1 Å². The summed E-state index contributed by atoms with van der Waals surface area (Å²) in [5.41, 5.74) is 0.781. The van der Waals surface area contributed by atoms with Gasteiger partial charge in [0.1, 0.15) is 5.82 Å². The first kappa shape index (κ1) is 17.1. The van der Waals surface area contributed by atoms with Gasteiger partial charge in [0, 0.05) is 18.2 Å². The van der Waals surface area contributed by atoms with Crippen molar-refractivity contribution in [1.29, 1.82) is 0 Å². The van der Waals surface area contributed by atoms with Crippen LogP contribution in [0.15, 0.2) is 24.3 Å². The number of rotatable bonds is 10. The summed E-state index contributed by atoms with van der Waals surface area (Å²) in [4.78, 5) is 2.30. The van der Waals surface area contributed by atoms with Gasteiger partial charge in [0.2, 0.25) is 0 Å². The third kappa shape index (κ3) is 6.02. The summed E-state index contributed by atoms with van der Waals surface area (Å²) in [5, 5.41) is 3.47. The van der Waals surface area contributed by atoms with E-state index in [0.717, 1.165) is 31.6 Å². The van der Waals surface area contributed by atoms with Crippen molar-refractivity contribution in [2.45, 2.75) is 45.6 Å². The predicted molar refractivity (Wildman–Crippen MR) is 84.5 cm³/mol. The molecule has 0 radical (unpaired) electrons. The first-order valence-corrected chi connectivity index (χ1v) is 7.85. The van der Waals surface area contributed by atoms with Gasteiger partial charge in [-0.05, 0) is 39.0 Å². The summed E-state index contributed by atoms with van der Waals surface area (Å²) in [6.45, 7) is 7.19. The molecule has 1 rings (SSSR count). The number of benzene rings is 1. The molecule has 0 aliphatic carbocycles. The Labute approximate surface area is 123 Å². The Balaban J connectivity index is 2.62. The van der Waals surface area contributed by atoms with Crippen LogP contribution in [0.4, 0.5) is 4.39 Å². The second-order valence-electron chi connectivity index (χ2n) is 5.50. The van der Waals surface area contributed by atoms with Gasteiger partial charge >= 0.3 is 0 Å². The molecular formula is C17H29FN2. The lowest BCUT2D eigenvalue weighted by Gasteiger charge is -2.25. The summed E-state index contributed by atoms with van der Waals surface area (Å²) in [7, 11) is 2.12. The fourth-order valence-corrected chi connectivity index (χ4v) is 2.38. The molecule has 0 aliphatic heterocycles. The van der Waals surface area contributed by atoms with Crippen molar-refractivity contribution in [1.82, 2.24) is 10.2 Å². The van der Waals surface area contributed by atoms with Crippen LogP contribution in [0.5, 0.6) is 0 Å². The van der Waals surface area contributed by atoms with Gasteiger partial charge in [0.25, 0.3) is 0 Å². The van der Waals surface area contributed by atoms with E-state index in [9.17, 15) is 4.39 Å². The van der Waals surface area contributed by atoms with Gasteiger partial charge in [-0.15, -0.1) is 0 Å². The molecule has 1 N–H and O–H groups in total. The Bertz CT molecular complexity index is 368. The van der Waals surface area contributed by atoms with E-state index >= 15 is 0 Å². The van der Waals surface area contributed by atoms with Gasteiger partial charge in [-0.3, -0.25) is 0 Å². The molecule has 1 aromatic carbocycles. The first-order chi connectivity index (χ1) is 9.69. The van der Waals surface area contributed by atoms with E-state index in [4.69, 9.17) is 0 Å². The molecule has 20 heavy (non-hydrogen) atoms. The van der Waals surface area contributed by atoms with Crippen LogP contribution in [0.2, 0.25) is 0 Å². The molecule has 3 heteroatoms. The Kier molecular flexibility index (Phi) is 8.47. The number of halogens is 1. The third-order valence-electron chi connectivity index (χ3n) is 3.56. The maximum atomic E-state index is 14.0. The van der Waals surface area contributed by atoms with Gasteiger partial charge < -0.3 is 10.2 Å². The number of nitrogens with zero attached hydrogens (tertiary/aromatic N) is 1. The molecule has 0 saturated carbocycles. The van der Waals surface area contributed by atoms with Crippen LogP contribution < -0.4 is 5.32 Å². The van der Waals surface area contributed by atoms with Gasteiger partial charge in [0.15, 0.2) is 0 Å². The topological polar surface area (TPSA) is 15.3 Å². The Morgan fingerprint density at radius 1 is 1.15 bits per heavy atom. The van der Waals surface area contributed by atoms with E-state index in [2.05, 4.69) is 31.1 Å². The zero-order chi connectivity index (χ0) is 14.8. The molecule has 0 spiro atoms. The summed E-state index contributed by atoms with van der Waals surface area (Å²) >= 11 is 0. The molecular weight excluding hydrogens is 251 g/mol. The zero-order valence-electron chi connectivity index (χ0n) is 13.2. The lowest BCUT2D eigenvalue weighted by atomic mass is 10.1. The van der Waals surface area contributed by atoms with Crippen molar-refractivity contribution in [3.63, 3.8) is 0 Å². The fraction of sp³-hybridized carbons (Fsp3) is 0.647. The standard InChI is InChI=1S/C17H29FN2/c1-4-6-9-13-20(3)14-17(19-12-5-2)15-10-7-8-11-16(15)18/h7-8,10-11,17,19H,4-6,9,12-14H2,1-3H3. The van der Waals surface area contributed by atoms with Crippen LogP contribution in [-0.4, -0.2) is 31.6 Å². The zero-order valence-corrected chi connectivity index (χ0v) is 13.2. The lowest BCUT2D eigenvalue weighted by molar-refractivity contribution is 0.281. The number of likely N-dealkylation sites (N-methyl/N-ethyl adjacent to an activating group) is 1. The Morgan fingerprint density at radius 3 is 2.55 bits per heavy atom. The van der Waals surface area contributed by atoms with Gasteiger partial charge in [-0.25, -0.2) is 4.39 Å². The molecule has 0 bridgehead atoms. The third-order valence-corrected chi connectivity index (χ3v) is 3.56. The van der Waals surface area contributed by atoms with Crippen molar-refractivity contribution in [2.75, 3.05) is 26.7 Å².